The Balaban J connectivity index is 1.86. The molecule has 2 N–H and O–H groups in total. The maximum Gasteiger partial charge on any atom is 0.406 e. The molecule has 1 saturated carbocycles. The van der Waals surface area contributed by atoms with Crippen LogP contribution in [0.5, 0.6) is 0 Å². The molecule has 3 nitrogen and oxygen atoms in total. The predicted octanol–water partition coefficient (Wildman–Crippen LogP) is 3.07. The lowest BCUT2D eigenvalue weighted by Crippen LogP contribution is -2.47. The molecule has 19 heavy (non-hydrogen) atoms. The van der Waals surface area contributed by atoms with E-state index in [-0.39, 0.29) is 19.4 Å². The molecule has 1 fully saturated rings. The van der Waals surface area contributed by atoms with Crippen LogP contribution < -0.4 is 10.6 Å². The predicted molar refractivity (Wildman–Crippen MR) is 68.8 cm³/mol. The Morgan fingerprint density at radius 1 is 1.37 bits per heavy atom. The van der Waals surface area contributed by atoms with E-state index in [2.05, 4.69) is 26.6 Å². The van der Waals surface area contributed by atoms with Crippen molar-refractivity contribution in [2.45, 2.75) is 24.6 Å². The Morgan fingerprint density at radius 3 is 2.58 bits per heavy atom. The molecule has 7 heteroatoms. The highest BCUT2D eigenvalue weighted by atomic mass is 79.9. The number of benzene rings is 1. The number of halogens is 4. The minimum absolute atomic E-state index is 0.0284. The molecule has 0 saturated heterocycles. The van der Waals surface area contributed by atoms with Crippen molar-refractivity contribution in [3.8, 4) is 0 Å². The smallest absolute Gasteiger partial charge is 0.325 e. The summed E-state index contributed by atoms with van der Waals surface area (Å²) in [6.07, 6.45) is -4.25. The van der Waals surface area contributed by atoms with E-state index in [1.807, 2.05) is 0 Å². The fourth-order valence-corrected chi connectivity index (χ4v) is 2.11. The second-order valence-electron chi connectivity index (χ2n) is 4.49. The minimum Gasteiger partial charge on any atom is -0.325 e. The summed E-state index contributed by atoms with van der Waals surface area (Å²) >= 11 is 3.24. The van der Waals surface area contributed by atoms with Gasteiger partial charge in [-0.1, -0.05) is 22.0 Å². The SMILES string of the molecule is O=C(CNC1(C(F)(F)F)CC1)Nc1cccc(Br)c1. The highest BCUT2D eigenvalue weighted by Gasteiger charge is 2.63. The maximum atomic E-state index is 12.6. The summed E-state index contributed by atoms with van der Waals surface area (Å²) in [5.41, 5.74) is -1.32. The number of rotatable bonds is 4. The van der Waals surface area contributed by atoms with Gasteiger partial charge in [0.15, 0.2) is 0 Å². The van der Waals surface area contributed by atoms with Gasteiger partial charge in [0.1, 0.15) is 5.54 Å². The van der Waals surface area contributed by atoms with Crippen molar-refractivity contribution in [3.63, 3.8) is 0 Å². The molecule has 0 bridgehead atoms. The number of hydrogen-bond donors (Lipinski definition) is 2. The Morgan fingerprint density at radius 2 is 2.05 bits per heavy atom. The summed E-state index contributed by atoms with van der Waals surface area (Å²) in [5.74, 6) is -0.492. The van der Waals surface area contributed by atoms with Gasteiger partial charge in [0.25, 0.3) is 0 Å². The van der Waals surface area contributed by atoms with Crippen molar-refractivity contribution < 1.29 is 18.0 Å². The van der Waals surface area contributed by atoms with Crippen molar-refractivity contribution in [1.82, 2.24) is 5.32 Å². The monoisotopic (exact) mass is 336 g/mol. The second-order valence-corrected chi connectivity index (χ2v) is 5.41. The van der Waals surface area contributed by atoms with Crippen LogP contribution in [0.4, 0.5) is 18.9 Å². The van der Waals surface area contributed by atoms with E-state index < -0.39 is 17.6 Å². The molecular weight excluding hydrogens is 325 g/mol. The molecule has 0 aromatic heterocycles. The van der Waals surface area contributed by atoms with E-state index in [0.29, 0.717) is 5.69 Å². The number of carbonyl (C=O) groups excluding carboxylic acids is 1. The maximum absolute atomic E-state index is 12.6. The van der Waals surface area contributed by atoms with Crippen LogP contribution in [0.3, 0.4) is 0 Å². The lowest BCUT2D eigenvalue weighted by atomic mass is 10.2. The molecule has 1 aliphatic rings. The van der Waals surface area contributed by atoms with Crippen LogP contribution in [0.25, 0.3) is 0 Å². The van der Waals surface area contributed by atoms with E-state index in [1.54, 1.807) is 24.3 Å². The molecule has 1 aromatic carbocycles. The normalized spacial score (nSPS) is 17.1. The van der Waals surface area contributed by atoms with E-state index in [4.69, 9.17) is 0 Å². The van der Waals surface area contributed by atoms with Crippen molar-refractivity contribution in [3.05, 3.63) is 28.7 Å². The first-order valence-corrected chi connectivity index (χ1v) is 6.49. The number of amides is 1. The van der Waals surface area contributed by atoms with Gasteiger partial charge in [-0.15, -0.1) is 0 Å². The van der Waals surface area contributed by atoms with Gasteiger partial charge in [0, 0.05) is 10.2 Å². The molecule has 0 aliphatic heterocycles. The second kappa shape index (κ2) is 5.13. The van der Waals surface area contributed by atoms with Crippen molar-refractivity contribution in [2.75, 3.05) is 11.9 Å². The van der Waals surface area contributed by atoms with E-state index in [9.17, 15) is 18.0 Å². The van der Waals surface area contributed by atoms with Gasteiger partial charge in [-0.2, -0.15) is 13.2 Å². The minimum atomic E-state index is -4.30. The summed E-state index contributed by atoms with van der Waals surface area (Å²) in [4.78, 5) is 11.6. The molecule has 1 amide bonds. The first-order valence-electron chi connectivity index (χ1n) is 5.70. The largest absolute Gasteiger partial charge is 0.406 e. The quantitative estimate of drug-likeness (QED) is 0.887. The van der Waals surface area contributed by atoms with Gasteiger partial charge in [0.2, 0.25) is 5.91 Å². The summed E-state index contributed by atoms with van der Waals surface area (Å²) in [6.45, 7) is -0.355. The highest BCUT2D eigenvalue weighted by Crippen LogP contribution is 2.48. The van der Waals surface area contributed by atoms with Crippen molar-refractivity contribution in [2.24, 2.45) is 0 Å². The van der Waals surface area contributed by atoms with E-state index in [1.165, 1.54) is 0 Å². The van der Waals surface area contributed by atoms with Crippen LogP contribution in [-0.2, 0) is 4.79 Å². The Bertz CT molecular complexity index is 486. The number of hydrogen-bond acceptors (Lipinski definition) is 2. The molecule has 2 rings (SSSR count). The van der Waals surface area contributed by atoms with Crippen LogP contribution in [0.1, 0.15) is 12.8 Å². The summed E-state index contributed by atoms with van der Waals surface area (Å²) in [6, 6.07) is 6.86. The lowest BCUT2D eigenvalue weighted by Gasteiger charge is -2.20. The molecular formula is C12H12BrF3N2O. The van der Waals surface area contributed by atoms with E-state index >= 15 is 0 Å². The first-order chi connectivity index (χ1) is 8.82. The summed E-state index contributed by atoms with van der Waals surface area (Å²) in [5, 5.41) is 4.83. The molecule has 0 atom stereocenters. The van der Waals surface area contributed by atoms with Crippen molar-refractivity contribution >= 4 is 27.5 Å². The molecule has 1 aliphatic carbocycles. The summed E-state index contributed by atoms with van der Waals surface area (Å²) in [7, 11) is 0. The fourth-order valence-electron chi connectivity index (χ4n) is 1.71. The Hall–Kier alpha value is -1.08. The Kier molecular flexibility index (Phi) is 3.87. The topological polar surface area (TPSA) is 41.1 Å². The average molecular weight is 337 g/mol. The van der Waals surface area contributed by atoms with Gasteiger partial charge >= 0.3 is 6.18 Å². The van der Waals surface area contributed by atoms with Crippen LogP contribution >= 0.6 is 15.9 Å². The zero-order valence-corrected chi connectivity index (χ0v) is 11.4. The molecule has 0 radical (unpaired) electrons. The molecule has 1 aromatic rings. The van der Waals surface area contributed by atoms with Gasteiger partial charge < -0.3 is 5.32 Å². The third-order valence-corrected chi connectivity index (χ3v) is 3.48. The van der Waals surface area contributed by atoms with Crippen LogP contribution in [0.15, 0.2) is 28.7 Å². The zero-order valence-electron chi connectivity index (χ0n) is 9.85. The van der Waals surface area contributed by atoms with Crippen LogP contribution in [-0.4, -0.2) is 24.2 Å². The van der Waals surface area contributed by atoms with Gasteiger partial charge in [-0.05, 0) is 31.0 Å². The number of carbonyl (C=O) groups is 1. The molecule has 0 unspecified atom stereocenters. The van der Waals surface area contributed by atoms with Crippen molar-refractivity contribution in [1.29, 1.82) is 0 Å². The van der Waals surface area contributed by atoms with Crippen LogP contribution in [0, 0.1) is 0 Å². The standard InChI is InChI=1S/C12H12BrF3N2O/c13-8-2-1-3-9(6-8)18-10(19)7-17-11(4-5-11)12(14,15)16/h1-3,6,17H,4-5,7H2,(H,18,19). The zero-order chi connectivity index (χ0) is 14.1. The highest BCUT2D eigenvalue weighted by molar-refractivity contribution is 9.10. The Labute approximate surface area is 116 Å². The fraction of sp³-hybridized carbons (Fsp3) is 0.417. The number of anilines is 1. The average Bonchev–Trinajstić information content (AvgIpc) is 3.06. The molecule has 0 heterocycles. The van der Waals surface area contributed by atoms with E-state index in [0.717, 1.165) is 4.47 Å². The molecule has 0 spiro atoms. The van der Waals surface area contributed by atoms with Gasteiger partial charge in [-0.25, -0.2) is 0 Å². The van der Waals surface area contributed by atoms with Gasteiger partial charge in [0.05, 0.1) is 6.54 Å². The summed E-state index contributed by atoms with van der Waals surface area (Å²) < 4.78 is 38.7. The first kappa shape index (κ1) is 14.3. The van der Waals surface area contributed by atoms with Crippen LogP contribution in [0.2, 0.25) is 0 Å². The number of alkyl halides is 3. The number of nitrogens with one attached hydrogen (secondary N) is 2. The third kappa shape index (κ3) is 3.48. The third-order valence-electron chi connectivity index (χ3n) is 2.99. The lowest BCUT2D eigenvalue weighted by molar-refractivity contribution is -0.165. The molecule has 104 valence electrons. The van der Waals surface area contributed by atoms with Gasteiger partial charge in [-0.3, -0.25) is 10.1 Å².